The van der Waals surface area contributed by atoms with Gasteiger partial charge in [0, 0.05) is 23.3 Å². The van der Waals surface area contributed by atoms with Gasteiger partial charge in [-0.2, -0.15) is 0 Å². The summed E-state index contributed by atoms with van der Waals surface area (Å²) in [6.07, 6.45) is 2.35. The number of benzene rings is 2. The van der Waals surface area contributed by atoms with Crippen LogP contribution in [0.1, 0.15) is 37.8 Å². The summed E-state index contributed by atoms with van der Waals surface area (Å²) in [5.41, 5.74) is 4.80. The van der Waals surface area contributed by atoms with Crippen LogP contribution in [-0.4, -0.2) is 21.9 Å². The van der Waals surface area contributed by atoms with Gasteiger partial charge in [0.05, 0.1) is 23.7 Å². The number of imidazole rings is 1. The quantitative estimate of drug-likeness (QED) is 0.750. The number of hydrogen-bond donors (Lipinski definition) is 1. The molecule has 2 aliphatic rings. The van der Waals surface area contributed by atoms with Gasteiger partial charge in [0.25, 0.3) is 0 Å². The molecule has 3 aromatic rings. The van der Waals surface area contributed by atoms with Crippen molar-refractivity contribution in [1.29, 1.82) is 0 Å². The van der Waals surface area contributed by atoms with Crippen molar-refractivity contribution in [2.75, 3.05) is 11.9 Å². The fraction of sp³-hybridized carbons (Fsp3) is 0.273. The normalized spacial score (nSPS) is 18.9. The van der Waals surface area contributed by atoms with Gasteiger partial charge in [-0.05, 0) is 38.0 Å². The largest absolute Gasteiger partial charge is 0.494 e. The highest BCUT2D eigenvalue weighted by Crippen LogP contribution is 2.44. The highest BCUT2D eigenvalue weighted by molar-refractivity contribution is 6.00. The summed E-state index contributed by atoms with van der Waals surface area (Å²) in [4.78, 5) is 17.8. The first-order chi connectivity index (χ1) is 13.3. The Morgan fingerprint density at radius 2 is 1.96 bits per heavy atom. The van der Waals surface area contributed by atoms with Crippen LogP contribution in [0.2, 0.25) is 0 Å². The standard InChI is InChI=1S/C22H21N3O2/c1-2-27-19-13-6-3-8-14(19)21-20-16(10-7-12-18(20)26)24-22-23-15-9-4-5-11-17(15)25(21)22/h3-6,8-9,11,13,21H,2,7,10,12H2,1H3,(H,23,24)/t21-/m0/s1. The van der Waals surface area contributed by atoms with Crippen molar-refractivity contribution in [2.24, 2.45) is 0 Å². The molecule has 1 atom stereocenters. The van der Waals surface area contributed by atoms with Crippen LogP contribution in [0.5, 0.6) is 5.75 Å². The van der Waals surface area contributed by atoms with Crippen molar-refractivity contribution in [3.8, 4) is 5.75 Å². The predicted octanol–water partition coefficient (Wildman–Crippen LogP) is 4.46. The Bertz CT molecular complexity index is 1080. The molecule has 1 aliphatic heterocycles. The van der Waals surface area contributed by atoms with E-state index in [1.165, 1.54) is 0 Å². The fourth-order valence-electron chi connectivity index (χ4n) is 4.26. The zero-order valence-electron chi connectivity index (χ0n) is 15.2. The average molecular weight is 359 g/mol. The molecular weight excluding hydrogens is 338 g/mol. The van der Waals surface area contributed by atoms with Crippen molar-refractivity contribution in [3.05, 3.63) is 65.4 Å². The van der Waals surface area contributed by atoms with Gasteiger partial charge in [0.15, 0.2) is 5.78 Å². The Balaban J connectivity index is 1.81. The summed E-state index contributed by atoms with van der Waals surface area (Å²) in [6, 6.07) is 15.9. The maximum Gasteiger partial charge on any atom is 0.209 e. The third-order valence-electron chi connectivity index (χ3n) is 5.36. The first kappa shape index (κ1) is 16.1. The van der Waals surface area contributed by atoms with E-state index in [-0.39, 0.29) is 11.8 Å². The van der Waals surface area contributed by atoms with E-state index in [0.717, 1.165) is 52.4 Å². The molecule has 136 valence electrons. The number of aromatic nitrogens is 2. The van der Waals surface area contributed by atoms with E-state index in [4.69, 9.17) is 9.72 Å². The van der Waals surface area contributed by atoms with Crippen molar-refractivity contribution in [2.45, 2.75) is 32.2 Å². The van der Waals surface area contributed by atoms with E-state index in [0.29, 0.717) is 13.0 Å². The molecule has 0 fully saturated rings. The van der Waals surface area contributed by atoms with Gasteiger partial charge in [-0.25, -0.2) is 4.98 Å². The summed E-state index contributed by atoms with van der Waals surface area (Å²) in [7, 11) is 0. The molecule has 2 heterocycles. The molecule has 0 unspecified atom stereocenters. The Morgan fingerprint density at radius 1 is 1.15 bits per heavy atom. The number of anilines is 1. The Labute approximate surface area is 157 Å². The minimum Gasteiger partial charge on any atom is -0.494 e. The summed E-state index contributed by atoms with van der Waals surface area (Å²) < 4.78 is 8.07. The molecule has 0 bridgehead atoms. The molecule has 0 spiro atoms. The van der Waals surface area contributed by atoms with Crippen molar-refractivity contribution < 1.29 is 9.53 Å². The van der Waals surface area contributed by atoms with Crippen molar-refractivity contribution in [1.82, 2.24) is 9.55 Å². The number of allylic oxidation sites excluding steroid dienone is 2. The molecule has 1 aromatic heterocycles. The van der Waals surface area contributed by atoms with Crippen LogP contribution in [0.3, 0.4) is 0 Å². The first-order valence-corrected chi connectivity index (χ1v) is 9.50. The molecule has 0 amide bonds. The second-order valence-corrected chi connectivity index (χ2v) is 6.96. The fourth-order valence-corrected chi connectivity index (χ4v) is 4.26. The highest BCUT2D eigenvalue weighted by atomic mass is 16.5. The number of carbonyl (C=O) groups is 1. The molecule has 1 N–H and O–H groups in total. The Hall–Kier alpha value is -3.08. The van der Waals surface area contributed by atoms with E-state index in [1.54, 1.807) is 0 Å². The number of nitrogens with one attached hydrogen (secondary N) is 1. The SMILES string of the molecule is CCOc1ccccc1[C@H]1C2=C(CCCC2=O)Nc2nc3ccccc3n21. The third-order valence-corrected chi connectivity index (χ3v) is 5.36. The van der Waals surface area contributed by atoms with Gasteiger partial charge in [0.1, 0.15) is 5.75 Å². The van der Waals surface area contributed by atoms with Gasteiger partial charge in [0.2, 0.25) is 5.95 Å². The molecule has 5 rings (SSSR count). The number of ketones is 1. The minimum atomic E-state index is -0.223. The van der Waals surface area contributed by atoms with Gasteiger partial charge in [-0.15, -0.1) is 0 Å². The molecule has 27 heavy (non-hydrogen) atoms. The number of carbonyl (C=O) groups excluding carboxylic acids is 1. The summed E-state index contributed by atoms with van der Waals surface area (Å²) in [6.45, 7) is 2.56. The lowest BCUT2D eigenvalue weighted by atomic mass is 9.85. The van der Waals surface area contributed by atoms with Crippen LogP contribution < -0.4 is 10.1 Å². The van der Waals surface area contributed by atoms with Gasteiger partial charge in [-0.1, -0.05) is 30.3 Å². The van der Waals surface area contributed by atoms with Gasteiger partial charge >= 0.3 is 0 Å². The summed E-state index contributed by atoms with van der Waals surface area (Å²) >= 11 is 0. The molecule has 1 aliphatic carbocycles. The third kappa shape index (κ3) is 2.46. The lowest BCUT2D eigenvalue weighted by Gasteiger charge is -2.34. The molecule has 0 saturated carbocycles. The number of nitrogens with zero attached hydrogens (tertiary/aromatic N) is 2. The lowest BCUT2D eigenvalue weighted by Crippen LogP contribution is -2.31. The molecule has 2 aromatic carbocycles. The van der Waals surface area contributed by atoms with Crippen LogP contribution in [0.4, 0.5) is 5.95 Å². The molecular formula is C22H21N3O2. The van der Waals surface area contributed by atoms with E-state index >= 15 is 0 Å². The number of Topliss-reactive ketones (excluding diaryl/α,β-unsaturated/α-hetero) is 1. The van der Waals surface area contributed by atoms with Crippen molar-refractivity contribution in [3.63, 3.8) is 0 Å². The highest BCUT2D eigenvalue weighted by Gasteiger charge is 2.37. The van der Waals surface area contributed by atoms with Crippen LogP contribution in [0.15, 0.2) is 59.8 Å². The minimum absolute atomic E-state index is 0.212. The van der Waals surface area contributed by atoms with Crippen LogP contribution in [0.25, 0.3) is 11.0 Å². The average Bonchev–Trinajstić information content (AvgIpc) is 3.05. The molecule has 5 heteroatoms. The monoisotopic (exact) mass is 359 g/mol. The summed E-state index contributed by atoms with van der Waals surface area (Å²) in [5, 5.41) is 3.44. The van der Waals surface area contributed by atoms with Gasteiger partial charge < -0.3 is 10.1 Å². The van der Waals surface area contributed by atoms with E-state index in [1.807, 2.05) is 43.3 Å². The number of fused-ring (bicyclic) bond motifs is 3. The Morgan fingerprint density at radius 3 is 2.85 bits per heavy atom. The van der Waals surface area contributed by atoms with Crippen LogP contribution in [0, 0.1) is 0 Å². The zero-order chi connectivity index (χ0) is 18.4. The second kappa shape index (κ2) is 6.27. The van der Waals surface area contributed by atoms with E-state index < -0.39 is 0 Å². The maximum absolute atomic E-state index is 13.0. The van der Waals surface area contributed by atoms with Gasteiger partial charge in [-0.3, -0.25) is 9.36 Å². The first-order valence-electron chi connectivity index (χ1n) is 9.50. The van der Waals surface area contributed by atoms with Crippen LogP contribution >= 0.6 is 0 Å². The molecule has 0 saturated heterocycles. The van der Waals surface area contributed by atoms with E-state index in [2.05, 4.69) is 22.0 Å². The molecule has 0 radical (unpaired) electrons. The van der Waals surface area contributed by atoms with Crippen molar-refractivity contribution >= 4 is 22.8 Å². The Kier molecular flexibility index (Phi) is 3.74. The smallest absolute Gasteiger partial charge is 0.209 e. The second-order valence-electron chi connectivity index (χ2n) is 6.96. The number of rotatable bonds is 3. The maximum atomic E-state index is 13.0. The van der Waals surface area contributed by atoms with E-state index in [9.17, 15) is 4.79 Å². The summed E-state index contributed by atoms with van der Waals surface area (Å²) in [5.74, 6) is 1.82. The number of para-hydroxylation sites is 3. The van der Waals surface area contributed by atoms with Crippen LogP contribution in [-0.2, 0) is 4.79 Å². The molecule has 5 nitrogen and oxygen atoms in total. The predicted molar refractivity (Wildman–Crippen MR) is 105 cm³/mol. The number of ether oxygens (including phenoxy) is 1. The number of hydrogen-bond acceptors (Lipinski definition) is 4. The topological polar surface area (TPSA) is 56.1 Å². The zero-order valence-corrected chi connectivity index (χ0v) is 15.2. The lowest BCUT2D eigenvalue weighted by molar-refractivity contribution is -0.116.